The molecule has 1 heterocycles. The standard InChI is InChI=1S/C19H20ClN5OS/c1-12-8-9-17(13(2)10-12)25-19(22-23-24-25)27-14(3)18(26)21-11-15-6-4-5-7-16(15)20/h4-10,14H,11H2,1-3H3,(H,21,26)/t14-/m1/s1. The Balaban J connectivity index is 1.68. The van der Waals surface area contributed by atoms with E-state index in [4.69, 9.17) is 11.6 Å². The molecular formula is C19H20ClN5OS. The average molecular weight is 402 g/mol. The minimum Gasteiger partial charge on any atom is -0.351 e. The van der Waals surface area contributed by atoms with Crippen molar-refractivity contribution < 1.29 is 4.79 Å². The number of nitrogens with one attached hydrogen (secondary N) is 1. The molecule has 6 nitrogen and oxygen atoms in total. The molecule has 2 aromatic carbocycles. The van der Waals surface area contributed by atoms with Gasteiger partial charge in [-0.1, -0.05) is 59.3 Å². The molecule has 0 aliphatic heterocycles. The summed E-state index contributed by atoms with van der Waals surface area (Å²) in [6.45, 7) is 6.26. The number of carbonyl (C=O) groups excluding carboxylic acids is 1. The number of thioether (sulfide) groups is 1. The van der Waals surface area contributed by atoms with Crippen molar-refractivity contribution in [2.24, 2.45) is 0 Å². The molecule has 0 saturated carbocycles. The van der Waals surface area contributed by atoms with Gasteiger partial charge in [0.15, 0.2) is 0 Å². The van der Waals surface area contributed by atoms with E-state index in [1.807, 2.05) is 51.1 Å². The zero-order valence-electron chi connectivity index (χ0n) is 15.3. The third-order valence-electron chi connectivity index (χ3n) is 4.08. The second kappa shape index (κ2) is 8.54. The first kappa shape index (κ1) is 19.4. The van der Waals surface area contributed by atoms with E-state index in [2.05, 4.69) is 26.9 Å². The second-order valence-corrected chi connectivity index (χ2v) is 7.95. The molecule has 0 fully saturated rings. The number of amides is 1. The Hall–Kier alpha value is -2.38. The summed E-state index contributed by atoms with van der Waals surface area (Å²) < 4.78 is 1.66. The third kappa shape index (κ3) is 4.67. The lowest BCUT2D eigenvalue weighted by molar-refractivity contribution is -0.120. The minimum absolute atomic E-state index is 0.102. The highest BCUT2D eigenvalue weighted by molar-refractivity contribution is 8.00. The summed E-state index contributed by atoms with van der Waals surface area (Å²) in [5.41, 5.74) is 4.02. The van der Waals surface area contributed by atoms with Gasteiger partial charge in [0, 0.05) is 11.6 Å². The van der Waals surface area contributed by atoms with Gasteiger partial charge in [-0.2, -0.15) is 4.68 Å². The third-order valence-corrected chi connectivity index (χ3v) is 5.49. The van der Waals surface area contributed by atoms with Crippen molar-refractivity contribution in [2.75, 3.05) is 0 Å². The monoisotopic (exact) mass is 401 g/mol. The van der Waals surface area contributed by atoms with E-state index in [0.29, 0.717) is 16.7 Å². The first-order valence-electron chi connectivity index (χ1n) is 8.49. The summed E-state index contributed by atoms with van der Waals surface area (Å²) in [5, 5.41) is 15.7. The highest BCUT2D eigenvalue weighted by Crippen LogP contribution is 2.25. The quantitative estimate of drug-likeness (QED) is 0.637. The zero-order chi connectivity index (χ0) is 19.4. The fourth-order valence-corrected chi connectivity index (χ4v) is 3.65. The summed E-state index contributed by atoms with van der Waals surface area (Å²) in [7, 11) is 0. The van der Waals surface area contributed by atoms with Crippen LogP contribution in [0, 0.1) is 13.8 Å². The Bertz CT molecular complexity index is 959. The van der Waals surface area contributed by atoms with Gasteiger partial charge in [0.25, 0.3) is 0 Å². The fraction of sp³-hybridized carbons (Fsp3) is 0.263. The van der Waals surface area contributed by atoms with E-state index in [-0.39, 0.29) is 11.2 Å². The lowest BCUT2D eigenvalue weighted by Gasteiger charge is -2.13. The molecule has 1 atom stereocenters. The summed E-state index contributed by atoms with van der Waals surface area (Å²) in [4.78, 5) is 12.5. The predicted octanol–water partition coefficient (Wildman–Crippen LogP) is 3.73. The van der Waals surface area contributed by atoms with E-state index in [0.717, 1.165) is 16.8 Å². The first-order valence-corrected chi connectivity index (χ1v) is 9.75. The summed E-state index contributed by atoms with van der Waals surface area (Å²) in [5.74, 6) is -0.102. The van der Waals surface area contributed by atoms with Crippen molar-refractivity contribution >= 4 is 29.3 Å². The number of carbonyl (C=O) groups is 1. The molecule has 0 saturated heterocycles. The van der Waals surface area contributed by atoms with Gasteiger partial charge >= 0.3 is 0 Å². The highest BCUT2D eigenvalue weighted by atomic mass is 35.5. The molecule has 1 N–H and O–H groups in total. The van der Waals surface area contributed by atoms with Gasteiger partial charge in [-0.3, -0.25) is 4.79 Å². The largest absolute Gasteiger partial charge is 0.351 e. The predicted molar refractivity (Wildman–Crippen MR) is 107 cm³/mol. The van der Waals surface area contributed by atoms with Crippen molar-refractivity contribution in [1.82, 2.24) is 25.5 Å². The maximum Gasteiger partial charge on any atom is 0.233 e. The van der Waals surface area contributed by atoms with Crippen LogP contribution < -0.4 is 5.32 Å². The molecule has 0 radical (unpaired) electrons. The highest BCUT2D eigenvalue weighted by Gasteiger charge is 2.20. The molecule has 3 rings (SSSR count). The van der Waals surface area contributed by atoms with Crippen molar-refractivity contribution in [2.45, 2.75) is 37.7 Å². The van der Waals surface area contributed by atoms with Crippen LogP contribution in [-0.4, -0.2) is 31.4 Å². The molecule has 0 bridgehead atoms. The van der Waals surface area contributed by atoms with E-state index in [1.54, 1.807) is 10.7 Å². The molecule has 1 aromatic heterocycles. The van der Waals surface area contributed by atoms with Gasteiger partial charge in [0.1, 0.15) is 0 Å². The molecular weight excluding hydrogens is 382 g/mol. The Kier molecular flexibility index (Phi) is 6.13. The molecule has 0 aliphatic rings. The van der Waals surface area contributed by atoms with Crippen LogP contribution in [-0.2, 0) is 11.3 Å². The Morgan fingerprint density at radius 1 is 1.26 bits per heavy atom. The first-order chi connectivity index (χ1) is 13.0. The van der Waals surface area contributed by atoms with Crippen LogP contribution in [0.25, 0.3) is 5.69 Å². The van der Waals surface area contributed by atoms with E-state index < -0.39 is 0 Å². The second-order valence-electron chi connectivity index (χ2n) is 6.23. The number of aryl methyl sites for hydroxylation is 2. The molecule has 1 amide bonds. The van der Waals surface area contributed by atoms with Gasteiger partial charge in [0.2, 0.25) is 11.1 Å². The van der Waals surface area contributed by atoms with Crippen LogP contribution in [0.3, 0.4) is 0 Å². The van der Waals surface area contributed by atoms with E-state index in [9.17, 15) is 4.79 Å². The summed E-state index contributed by atoms with van der Waals surface area (Å²) in [6.07, 6.45) is 0. The SMILES string of the molecule is Cc1ccc(-n2nnnc2S[C@H](C)C(=O)NCc2ccccc2Cl)c(C)c1. The summed E-state index contributed by atoms with van der Waals surface area (Å²) >= 11 is 7.44. The van der Waals surface area contributed by atoms with Gasteiger partial charge in [0.05, 0.1) is 10.9 Å². The summed E-state index contributed by atoms with van der Waals surface area (Å²) in [6, 6.07) is 13.5. The van der Waals surface area contributed by atoms with Crippen molar-refractivity contribution in [3.05, 3.63) is 64.2 Å². The zero-order valence-corrected chi connectivity index (χ0v) is 16.9. The molecule has 140 valence electrons. The number of hydrogen-bond acceptors (Lipinski definition) is 5. The molecule has 0 spiro atoms. The van der Waals surface area contributed by atoms with Crippen molar-refractivity contribution in [3.63, 3.8) is 0 Å². The topological polar surface area (TPSA) is 72.7 Å². The van der Waals surface area contributed by atoms with Crippen molar-refractivity contribution in [1.29, 1.82) is 0 Å². The van der Waals surface area contributed by atoms with Crippen LogP contribution in [0.5, 0.6) is 0 Å². The van der Waals surface area contributed by atoms with Crippen LogP contribution in [0.15, 0.2) is 47.6 Å². The van der Waals surface area contributed by atoms with E-state index >= 15 is 0 Å². The molecule has 27 heavy (non-hydrogen) atoms. The Labute approximate surface area is 167 Å². The molecule has 3 aromatic rings. The Morgan fingerprint density at radius 2 is 2.04 bits per heavy atom. The number of rotatable bonds is 6. The van der Waals surface area contributed by atoms with Gasteiger partial charge in [-0.15, -0.1) is 5.10 Å². The number of benzene rings is 2. The van der Waals surface area contributed by atoms with Gasteiger partial charge in [-0.05, 0) is 54.5 Å². The van der Waals surface area contributed by atoms with E-state index in [1.165, 1.54) is 17.3 Å². The van der Waals surface area contributed by atoms with Gasteiger partial charge < -0.3 is 5.32 Å². The lowest BCUT2D eigenvalue weighted by Crippen LogP contribution is -2.30. The van der Waals surface area contributed by atoms with Crippen LogP contribution in [0.1, 0.15) is 23.6 Å². The lowest BCUT2D eigenvalue weighted by atomic mass is 10.1. The molecule has 8 heteroatoms. The number of nitrogens with zero attached hydrogens (tertiary/aromatic N) is 4. The van der Waals surface area contributed by atoms with Crippen LogP contribution in [0.4, 0.5) is 0 Å². The molecule has 0 aliphatic carbocycles. The average Bonchev–Trinajstić information content (AvgIpc) is 3.08. The van der Waals surface area contributed by atoms with Crippen molar-refractivity contribution in [3.8, 4) is 5.69 Å². The fourth-order valence-electron chi connectivity index (χ4n) is 2.63. The van der Waals surface area contributed by atoms with Crippen LogP contribution in [0.2, 0.25) is 5.02 Å². The number of halogens is 1. The number of hydrogen-bond donors (Lipinski definition) is 1. The minimum atomic E-state index is -0.358. The smallest absolute Gasteiger partial charge is 0.233 e. The molecule has 0 unspecified atom stereocenters. The maximum atomic E-state index is 12.5. The number of tetrazole rings is 1. The normalized spacial score (nSPS) is 12.0. The van der Waals surface area contributed by atoms with Gasteiger partial charge in [-0.25, -0.2) is 0 Å². The van der Waals surface area contributed by atoms with Crippen LogP contribution >= 0.6 is 23.4 Å². The maximum absolute atomic E-state index is 12.5. The number of aromatic nitrogens is 4. The Morgan fingerprint density at radius 3 is 2.78 bits per heavy atom.